The first kappa shape index (κ1) is 14.0. The third-order valence-electron chi connectivity index (χ3n) is 3.28. The number of amides is 1. The first-order chi connectivity index (χ1) is 9.29. The predicted molar refractivity (Wildman–Crippen MR) is 77.9 cm³/mol. The lowest BCUT2D eigenvalue weighted by molar-refractivity contribution is -0.120. The summed E-state index contributed by atoms with van der Waals surface area (Å²) in [5, 5.41) is 3.54. The summed E-state index contributed by atoms with van der Waals surface area (Å²) < 4.78 is 0. The van der Waals surface area contributed by atoms with Crippen LogP contribution in [0.5, 0.6) is 0 Å². The summed E-state index contributed by atoms with van der Waals surface area (Å²) in [5.41, 5.74) is 5.32. The Hall–Kier alpha value is -1.38. The Morgan fingerprint density at radius 3 is 2.84 bits per heavy atom. The van der Waals surface area contributed by atoms with Crippen LogP contribution in [0.2, 0.25) is 0 Å². The summed E-state index contributed by atoms with van der Waals surface area (Å²) in [5.74, 6) is 5.95. The monoisotopic (exact) mass is 277 g/mol. The van der Waals surface area contributed by atoms with Crippen LogP contribution in [0.3, 0.4) is 0 Å². The maximum absolute atomic E-state index is 12.1. The fourth-order valence-electron chi connectivity index (χ4n) is 2.28. The molecule has 1 aromatic heterocycles. The van der Waals surface area contributed by atoms with Crippen LogP contribution in [0.15, 0.2) is 6.20 Å². The minimum Gasteiger partial charge on any atom is -0.320 e. The predicted octanol–water partition coefficient (Wildman–Crippen LogP) is 2.36. The molecule has 2 rings (SSSR count). The van der Waals surface area contributed by atoms with Crippen molar-refractivity contribution in [2.45, 2.75) is 38.5 Å². The highest BCUT2D eigenvalue weighted by Gasteiger charge is 2.20. The van der Waals surface area contributed by atoms with E-state index in [-0.39, 0.29) is 11.8 Å². The Kier molecular flexibility index (Phi) is 5.37. The van der Waals surface area contributed by atoms with Crippen molar-refractivity contribution in [1.29, 1.82) is 0 Å². The smallest absolute Gasteiger partial charge is 0.229 e. The van der Waals surface area contributed by atoms with Crippen molar-refractivity contribution >= 4 is 22.4 Å². The van der Waals surface area contributed by atoms with Crippen LogP contribution in [0.4, 0.5) is 5.13 Å². The molecule has 19 heavy (non-hydrogen) atoms. The van der Waals surface area contributed by atoms with Gasteiger partial charge in [0.05, 0.1) is 17.6 Å². The Labute approximate surface area is 117 Å². The highest BCUT2D eigenvalue weighted by molar-refractivity contribution is 7.16. The zero-order valence-corrected chi connectivity index (χ0v) is 11.8. The molecule has 1 aliphatic carbocycles. The number of carbonyl (C=O) groups excluding carboxylic acids is 1. The number of hydrogen-bond acceptors (Lipinski definition) is 4. The molecule has 1 aromatic rings. The van der Waals surface area contributed by atoms with E-state index in [9.17, 15) is 4.79 Å². The Morgan fingerprint density at radius 2 is 2.16 bits per heavy atom. The largest absolute Gasteiger partial charge is 0.320 e. The molecule has 1 fully saturated rings. The van der Waals surface area contributed by atoms with Gasteiger partial charge >= 0.3 is 0 Å². The summed E-state index contributed by atoms with van der Waals surface area (Å²) >= 11 is 1.40. The molecular weight excluding hydrogens is 258 g/mol. The van der Waals surface area contributed by atoms with Gasteiger partial charge in [0.1, 0.15) is 0 Å². The molecule has 0 aliphatic heterocycles. The molecule has 0 atom stereocenters. The van der Waals surface area contributed by atoms with E-state index in [0.717, 1.165) is 30.6 Å². The van der Waals surface area contributed by atoms with Crippen LogP contribution >= 0.6 is 11.3 Å². The average molecular weight is 277 g/mol. The molecule has 0 bridgehead atoms. The Balaban J connectivity index is 1.92. The molecule has 102 valence electrons. The van der Waals surface area contributed by atoms with Gasteiger partial charge < -0.3 is 11.1 Å². The molecule has 3 N–H and O–H groups in total. The van der Waals surface area contributed by atoms with E-state index < -0.39 is 0 Å². The van der Waals surface area contributed by atoms with Gasteiger partial charge in [-0.2, -0.15) is 0 Å². The summed E-state index contributed by atoms with van der Waals surface area (Å²) in [6, 6.07) is 0. The lowest BCUT2D eigenvalue weighted by Gasteiger charge is -2.12. The molecule has 1 amide bonds. The fourth-order valence-corrected chi connectivity index (χ4v) is 2.97. The number of nitrogens with zero attached hydrogens (tertiary/aromatic N) is 1. The minimum atomic E-state index is 0.106. The van der Waals surface area contributed by atoms with E-state index in [0.29, 0.717) is 11.7 Å². The van der Waals surface area contributed by atoms with Crippen molar-refractivity contribution in [2.24, 2.45) is 11.7 Å². The van der Waals surface area contributed by atoms with Gasteiger partial charge in [0.15, 0.2) is 5.13 Å². The number of thiazole rings is 1. The zero-order chi connectivity index (χ0) is 13.5. The maximum Gasteiger partial charge on any atom is 0.229 e. The van der Waals surface area contributed by atoms with Gasteiger partial charge in [-0.3, -0.25) is 4.79 Å². The van der Waals surface area contributed by atoms with Gasteiger partial charge in [0, 0.05) is 5.92 Å². The van der Waals surface area contributed by atoms with Gasteiger partial charge in [0.25, 0.3) is 0 Å². The van der Waals surface area contributed by atoms with Gasteiger partial charge in [0.2, 0.25) is 5.91 Å². The van der Waals surface area contributed by atoms with E-state index in [1.807, 2.05) is 0 Å². The molecular formula is C14H19N3OS. The van der Waals surface area contributed by atoms with Gasteiger partial charge in [-0.05, 0) is 12.8 Å². The van der Waals surface area contributed by atoms with Crippen molar-refractivity contribution in [3.05, 3.63) is 11.1 Å². The second-order valence-corrected chi connectivity index (χ2v) is 5.74. The SMILES string of the molecule is NCC#Cc1cnc(NC(=O)C2CCCCCC2)s1. The molecule has 1 heterocycles. The van der Waals surface area contributed by atoms with Crippen LogP contribution in [-0.4, -0.2) is 17.4 Å². The number of nitrogens with two attached hydrogens (primary N) is 1. The summed E-state index contributed by atoms with van der Waals surface area (Å²) in [7, 11) is 0. The third-order valence-corrected chi connectivity index (χ3v) is 4.10. The van der Waals surface area contributed by atoms with E-state index in [4.69, 9.17) is 5.73 Å². The third kappa shape index (κ3) is 4.34. The zero-order valence-electron chi connectivity index (χ0n) is 10.9. The number of anilines is 1. The van der Waals surface area contributed by atoms with E-state index >= 15 is 0 Å². The molecule has 0 spiro atoms. The molecule has 5 heteroatoms. The second kappa shape index (κ2) is 7.27. The second-order valence-electron chi connectivity index (χ2n) is 4.71. The Bertz CT molecular complexity index is 478. The van der Waals surface area contributed by atoms with Gasteiger partial charge in [-0.15, -0.1) is 0 Å². The van der Waals surface area contributed by atoms with Crippen LogP contribution in [0, 0.1) is 17.8 Å². The Morgan fingerprint density at radius 1 is 1.42 bits per heavy atom. The lowest BCUT2D eigenvalue weighted by atomic mass is 10.00. The van der Waals surface area contributed by atoms with E-state index in [1.54, 1.807) is 6.20 Å². The van der Waals surface area contributed by atoms with Crippen molar-refractivity contribution < 1.29 is 4.79 Å². The minimum absolute atomic E-state index is 0.106. The van der Waals surface area contributed by atoms with E-state index in [2.05, 4.69) is 22.1 Å². The van der Waals surface area contributed by atoms with Crippen molar-refractivity contribution in [1.82, 2.24) is 4.98 Å². The summed E-state index contributed by atoms with van der Waals surface area (Å²) in [6.07, 6.45) is 8.48. The number of nitrogens with one attached hydrogen (secondary N) is 1. The van der Waals surface area contributed by atoms with Crippen molar-refractivity contribution in [2.75, 3.05) is 11.9 Å². The first-order valence-electron chi connectivity index (χ1n) is 6.75. The van der Waals surface area contributed by atoms with E-state index in [1.165, 1.54) is 24.2 Å². The average Bonchev–Trinajstić information content (AvgIpc) is 2.68. The normalized spacial score (nSPS) is 16.3. The highest BCUT2D eigenvalue weighted by atomic mass is 32.1. The van der Waals surface area contributed by atoms with Crippen molar-refractivity contribution in [3.8, 4) is 11.8 Å². The number of aromatic nitrogens is 1. The topological polar surface area (TPSA) is 68.0 Å². The lowest BCUT2D eigenvalue weighted by Crippen LogP contribution is -2.22. The summed E-state index contributed by atoms with van der Waals surface area (Å²) in [6.45, 7) is 0.335. The summed E-state index contributed by atoms with van der Waals surface area (Å²) in [4.78, 5) is 17.1. The maximum atomic E-state index is 12.1. The van der Waals surface area contributed by atoms with Gasteiger partial charge in [-0.25, -0.2) is 4.98 Å². The molecule has 0 saturated heterocycles. The quantitative estimate of drug-likeness (QED) is 0.644. The standard InChI is InChI=1S/C14H19N3OS/c15-9-5-8-12-10-16-14(19-12)17-13(18)11-6-3-1-2-4-7-11/h10-11H,1-4,6-7,9,15H2,(H,16,17,18). The first-order valence-corrected chi connectivity index (χ1v) is 7.57. The van der Waals surface area contributed by atoms with Crippen molar-refractivity contribution in [3.63, 3.8) is 0 Å². The fraction of sp³-hybridized carbons (Fsp3) is 0.571. The molecule has 0 unspecified atom stereocenters. The molecule has 4 nitrogen and oxygen atoms in total. The number of hydrogen-bond donors (Lipinski definition) is 2. The molecule has 0 radical (unpaired) electrons. The number of carbonyl (C=O) groups is 1. The van der Waals surface area contributed by atoms with Crippen LogP contribution in [0.25, 0.3) is 0 Å². The molecule has 1 saturated carbocycles. The highest BCUT2D eigenvalue weighted by Crippen LogP contribution is 2.25. The van der Waals surface area contributed by atoms with Crippen LogP contribution in [-0.2, 0) is 4.79 Å². The molecule has 0 aromatic carbocycles. The van der Waals surface area contributed by atoms with Crippen LogP contribution < -0.4 is 11.1 Å². The van der Waals surface area contributed by atoms with Crippen LogP contribution in [0.1, 0.15) is 43.4 Å². The van der Waals surface area contributed by atoms with Gasteiger partial charge in [-0.1, -0.05) is 48.9 Å². The number of rotatable bonds is 2. The molecule has 1 aliphatic rings.